The number of nitrogens with zero attached hydrogens (tertiary/aromatic N) is 3. The van der Waals surface area contributed by atoms with Gasteiger partial charge in [-0.05, 0) is 24.3 Å². The summed E-state index contributed by atoms with van der Waals surface area (Å²) in [5, 5.41) is 11.0. The van der Waals surface area contributed by atoms with E-state index in [2.05, 4.69) is 25.9 Å². The Balaban J connectivity index is 2.39. The number of ether oxygens (including phenoxy) is 2. The van der Waals surface area contributed by atoms with Gasteiger partial charge in [-0.15, -0.1) is 0 Å². The van der Waals surface area contributed by atoms with Crippen molar-refractivity contribution in [2.75, 3.05) is 7.11 Å². The monoisotopic (exact) mass is 325 g/mol. The Labute approximate surface area is 116 Å². The molecule has 0 saturated carbocycles. The molecule has 0 unspecified atom stereocenters. The van der Waals surface area contributed by atoms with E-state index < -0.39 is 10.6 Å². The van der Waals surface area contributed by atoms with Crippen LogP contribution in [-0.4, -0.2) is 22.0 Å². The molecule has 1 aromatic heterocycles. The van der Waals surface area contributed by atoms with Crippen molar-refractivity contribution in [2.24, 2.45) is 0 Å². The summed E-state index contributed by atoms with van der Waals surface area (Å²) in [6.45, 7) is 0. The molecule has 0 aliphatic heterocycles. The van der Waals surface area contributed by atoms with E-state index in [0.29, 0.717) is 5.75 Å². The average Bonchev–Trinajstić information content (AvgIpc) is 2.40. The number of hydrogen-bond donors (Lipinski definition) is 0. The van der Waals surface area contributed by atoms with Gasteiger partial charge in [-0.3, -0.25) is 10.1 Å². The number of rotatable bonds is 4. The molecule has 0 radical (unpaired) electrons. The fourth-order valence-corrected chi connectivity index (χ4v) is 1.61. The van der Waals surface area contributed by atoms with Gasteiger partial charge in [-0.1, -0.05) is 15.9 Å². The fraction of sp³-hybridized carbons (Fsp3) is 0.0909. The van der Waals surface area contributed by atoms with Crippen LogP contribution in [0, 0.1) is 10.1 Å². The SMILES string of the molecule is COc1ncnc(Oc2ccc(Br)cc2)c1[N+](=O)[O-]. The van der Waals surface area contributed by atoms with Crippen molar-refractivity contribution in [1.82, 2.24) is 9.97 Å². The van der Waals surface area contributed by atoms with Crippen LogP contribution in [0.15, 0.2) is 35.1 Å². The molecule has 2 rings (SSSR count). The molecule has 7 nitrogen and oxygen atoms in total. The Morgan fingerprint density at radius 1 is 1.21 bits per heavy atom. The van der Waals surface area contributed by atoms with Crippen LogP contribution >= 0.6 is 15.9 Å². The number of methoxy groups -OCH3 is 1. The minimum Gasteiger partial charge on any atom is -0.476 e. The molecule has 19 heavy (non-hydrogen) atoms. The molecule has 0 spiro atoms. The summed E-state index contributed by atoms with van der Waals surface area (Å²) in [6.07, 6.45) is 1.14. The molecular formula is C11H8BrN3O4. The molecule has 0 aliphatic rings. The van der Waals surface area contributed by atoms with Crippen LogP contribution in [0.1, 0.15) is 0 Å². The topological polar surface area (TPSA) is 87.4 Å². The van der Waals surface area contributed by atoms with Gasteiger partial charge >= 0.3 is 17.4 Å². The lowest BCUT2D eigenvalue weighted by atomic mass is 10.3. The molecule has 1 aromatic carbocycles. The lowest BCUT2D eigenvalue weighted by molar-refractivity contribution is -0.387. The molecule has 1 heterocycles. The maximum absolute atomic E-state index is 11.0. The predicted octanol–water partition coefficient (Wildman–Crippen LogP) is 2.95. The van der Waals surface area contributed by atoms with Crippen molar-refractivity contribution in [3.8, 4) is 17.5 Å². The van der Waals surface area contributed by atoms with Gasteiger partial charge in [-0.2, -0.15) is 9.97 Å². The van der Waals surface area contributed by atoms with Gasteiger partial charge in [0, 0.05) is 4.47 Å². The zero-order valence-corrected chi connectivity index (χ0v) is 11.3. The van der Waals surface area contributed by atoms with Gasteiger partial charge < -0.3 is 9.47 Å². The molecule has 0 fully saturated rings. The van der Waals surface area contributed by atoms with Crippen LogP contribution in [0.3, 0.4) is 0 Å². The van der Waals surface area contributed by atoms with E-state index in [1.54, 1.807) is 24.3 Å². The van der Waals surface area contributed by atoms with Crippen LogP contribution in [0.5, 0.6) is 17.5 Å². The van der Waals surface area contributed by atoms with Crippen molar-refractivity contribution < 1.29 is 14.4 Å². The normalized spacial score (nSPS) is 10.0. The van der Waals surface area contributed by atoms with E-state index in [1.165, 1.54) is 7.11 Å². The molecule has 8 heteroatoms. The van der Waals surface area contributed by atoms with Crippen LogP contribution in [0.4, 0.5) is 5.69 Å². The van der Waals surface area contributed by atoms with Gasteiger partial charge in [0.05, 0.1) is 12.0 Å². The van der Waals surface area contributed by atoms with Crippen LogP contribution in [-0.2, 0) is 0 Å². The minimum absolute atomic E-state index is 0.146. The summed E-state index contributed by atoms with van der Waals surface area (Å²) in [5.41, 5.74) is -0.409. The molecule has 0 aliphatic carbocycles. The lowest BCUT2D eigenvalue weighted by Crippen LogP contribution is -2.01. The zero-order valence-electron chi connectivity index (χ0n) is 9.74. The Hall–Kier alpha value is -2.22. The van der Waals surface area contributed by atoms with E-state index in [-0.39, 0.29) is 11.8 Å². The highest BCUT2D eigenvalue weighted by Gasteiger charge is 2.25. The zero-order chi connectivity index (χ0) is 13.8. The summed E-state index contributed by atoms with van der Waals surface area (Å²) >= 11 is 3.28. The van der Waals surface area contributed by atoms with Gasteiger partial charge in [-0.25, -0.2) is 0 Å². The summed E-state index contributed by atoms with van der Waals surface area (Å²) < 4.78 is 11.1. The number of aromatic nitrogens is 2. The number of nitro groups is 1. The standard InChI is InChI=1S/C11H8BrN3O4/c1-18-10-9(15(16)17)11(14-6-13-10)19-8-4-2-7(12)3-5-8/h2-6H,1H3. The van der Waals surface area contributed by atoms with Crippen molar-refractivity contribution in [3.63, 3.8) is 0 Å². The molecule has 2 aromatic rings. The van der Waals surface area contributed by atoms with Crippen molar-refractivity contribution >= 4 is 21.6 Å². The maximum atomic E-state index is 11.0. The molecule has 0 atom stereocenters. The Morgan fingerprint density at radius 3 is 2.42 bits per heavy atom. The highest BCUT2D eigenvalue weighted by molar-refractivity contribution is 9.10. The summed E-state index contributed by atoms with van der Waals surface area (Å²) in [5.74, 6) is 0.110. The third-order valence-electron chi connectivity index (χ3n) is 2.16. The smallest absolute Gasteiger partial charge is 0.392 e. The quantitative estimate of drug-likeness (QED) is 0.634. The Kier molecular flexibility index (Phi) is 3.91. The van der Waals surface area contributed by atoms with Gasteiger partial charge in [0.1, 0.15) is 12.1 Å². The van der Waals surface area contributed by atoms with E-state index in [9.17, 15) is 10.1 Å². The molecule has 0 N–H and O–H groups in total. The van der Waals surface area contributed by atoms with Crippen LogP contribution in [0.2, 0.25) is 0 Å². The Bertz CT molecular complexity index is 603. The second-order valence-corrected chi connectivity index (χ2v) is 4.27. The third-order valence-corrected chi connectivity index (χ3v) is 2.69. The van der Waals surface area contributed by atoms with E-state index in [1.807, 2.05) is 0 Å². The summed E-state index contributed by atoms with van der Waals surface area (Å²) in [7, 11) is 1.29. The average molecular weight is 326 g/mol. The minimum atomic E-state index is -0.646. The first-order chi connectivity index (χ1) is 9.11. The summed E-state index contributed by atoms with van der Waals surface area (Å²) in [6, 6.07) is 6.81. The predicted molar refractivity (Wildman–Crippen MR) is 69.5 cm³/mol. The largest absolute Gasteiger partial charge is 0.476 e. The second kappa shape index (κ2) is 5.61. The van der Waals surface area contributed by atoms with Gasteiger partial charge in [0.25, 0.3) is 0 Å². The highest BCUT2D eigenvalue weighted by Crippen LogP contribution is 2.35. The van der Waals surface area contributed by atoms with Gasteiger partial charge in [0.15, 0.2) is 0 Å². The first-order valence-electron chi connectivity index (χ1n) is 5.08. The van der Waals surface area contributed by atoms with E-state index in [0.717, 1.165) is 10.8 Å². The van der Waals surface area contributed by atoms with Crippen molar-refractivity contribution in [2.45, 2.75) is 0 Å². The maximum Gasteiger partial charge on any atom is 0.392 e. The fourth-order valence-electron chi connectivity index (χ4n) is 1.34. The molecular weight excluding hydrogens is 318 g/mol. The second-order valence-electron chi connectivity index (χ2n) is 3.35. The van der Waals surface area contributed by atoms with Crippen molar-refractivity contribution in [1.29, 1.82) is 0 Å². The highest BCUT2D eigenvalue weighted by atomic mass is 79.9. The van der Waals surface area contributed by atoms with E-state index in [4.69, 9.17) is 9.47 Å². The first-order valence-corrected chi connectivity index (χ1v) is 5.88. The molecule has 0 amide bonds. The molecule has 0 saturated heterocycles. The summed E-state index contributed by atoms with van der Waals surface area (Å²) in [4.78, 5) is 17.8. The number of hydrogen-bond acceptors (Lipinski definition) is 6. The number of benzene rings is 1. The molecule has 98 valence electrons. The third kappa shape index (κ3) is 2.97. The van der Waals surface area contributed by atoms with Crippen LogP contribution < -0.4 is 9.47 Å². The first kappa shape index (κ1) is 13.2. The van der Waals surface area contributed by atoms with Crippen LogP contribution in [0.25, 0.3) is 0 Å². The van der Waals surface area contributed by atoms with Crippen molar-refractivity contribution in [3.05, 3.63) is 45.2 Å². The lowest BCUT2D eigenvalue weighted by Gasteiger charge is -2.06. The van der Waals surface area contributed by atoms with Gasteiger partial charge in [0.2, 0.25) is 0 Å². The molecule has 0 bridgehead atoms. The number of halogens is 1. The Morgan fingerprint density at radius 2 is 1.84 bits per heavy atom. The van der Waals surface area contributed by atoms with E-state index >= 15 is 0 Å².